The largest absolute Gasteiger partial charge is 0.305 e. The summed E-state index contributed by atoms with van der Waals surface area (Å²) in [6, 6.07) is 20.3. The van der Waals surface area contributed by atoms with Gasteiger partial charge in [0, 0.05) is 0 Å². The van der Waals surface area contributed by atoms with Gasteiger partial charge in [-0.2, -0.15) is 0 Å². The van der Waals surface area contributed by atoms with Gasteiger partial charge in [-0.25, -0.2) is 4.89 Å². The van der Waals surface area contributed by atoms with Gasteiger partial charge in [0.15, 0.2) is 0 Å². The quantitative estimate of drug-likeness (QED) is 0.270. The third-order valence-corrected chi connectivity index (χ3v) is 8.51. The molecule has 2 rings (SSSR count). The fourth-order valence-electron chi connectivity index (χ4n) is 2.75. The number of benzene rings is 2. The average Bonchev–Trinajstić information content (AvgIpc) is 2.52. The number of hydrogen-bond acceptors (Lipinski definition) is 3. The Morgan fingerprint density at radius 3 is 1.73 bits per heavy atom. The Morgan fingerprint density at radius 1 is 0.909 bits per heavy atom. The molecule has 0 heterocycles. The van der Waals surface area contributed by atoms with Gasteiger partial charge in [-0.1, -0.05) is 81.4 Å². The number of carbonyl (C=O) groups excluding carboxylic acids is 1. The van der Waals surface area contributed by atoms with Crippen LogP contribution in [0.25, 0.3) is 0 Å². The molecule has 0 unspecified atom stereocenters. The Morgan fingerprint density at radius 2 is 1.36 bits per heavy atom. The lowest BCUT2D eigenvalue weighted by atomic mass is 10.2. The zero-order valence-corrected chi connectivity index (χ0v) is 14.3. The first kappa shape index (κ1) is 16.6. The third kappa shape index (κ3) is 3.19. The molecule has 0 amide bonds. The fraction of sp³-hybridized carbons (Fsp3) is 0.278. The Bertz CT molecular complexity index is 551. The average molecular weight is 314 g/mol. The summed E-state index contributed by atoms with van der Waals surface area (Å²) in [7, 11) is -2.67. The summed E-state index contributed by atoms with van der Waals surface area (Å²) in [6.45, 7) is 6.40. The lowest BCUT2D eigenvalue weighted by Gasteiger charge is -2.41. The van der Waals surface area contributed by atoms with Crippen molar-refractivity contribution in [3.63, 3.8) is 0 Å². The molecule has 0 radical (unpaired) electrons. The van der Waals surface area contributed by atoms with Crippen LogP contribution in [0.15, 0.2) is 60.7 Å². The summed E-state index contributed by atoms with van der Waals surface area (Å²) in [4.78, 5) is 15.9. The highest BCUT2D eigenvalue weighted by molar-refractivity contribution is 6.99. The van der Waals surface area contributed by atoms with E-state index >= 15 is 0 Å². The molecule has 0 saturated carbocycles. The van der Waals surface area contributed by atoms with Crippen LogP contribution in [0.2, 0.25) is 5.04 Å². The summed E-state index contributed by atoms with van der Waals surface area (Å²) < 4.78 is 6.01. The van der Waals surface area contributed by atoms with Crippen LogP contribution in [0.4, 0.5) is 0 Å². The molecular formula is C18H22O3Si. The van der Waals surface area contributed by atoms with E-state index in [0.717, 1.165) is 10.4 Å². The number of carbonyl (C=O) groups is 1. The summed E-state index contributed by atoms with van der Waals surface area (Å²) in [5, 5.41) is 2.10. The molecule has 0 bridgehead atoms. The van der Waals surface area contributed by atoms with Gasteiger partial charge in [0.25, 0.3) is 0 Å². The van der Waals surface area contributed by atoms with Gasteiger partial charge in [0.05, 0.1) is 0 Å². The van der Waals surface area contributed by atoms with Gasteiger partial charge >= 0.3 is 8.32 Å². The number of rotatable bonds is 6. The zero-order chi connectivity index (χ0) is 16.1. The highest BCUT2D eigenvalue weighted by Crippen LogP contribution is 2.36. The van der Waals surface area contributed by atoms with Crippen molar-refractivity contribution >= 4 is 25.0 Å². The van der Waals surface area contributed by atoms with Crippen LogP contribution in [0.5, 0.6) is 0 Å². The molecule has 0 aliphatic rings. The van der Waals surface area contributed by atoms with Crippen LogP contribution < -0.4 is 10.4 Å². The predicted molar refractivity (Wildman–Crippen MR) is 90.7 cm³/mol. The van der Waals surface area contributed by atoms with Crippen LogP contribution in [0.3, 0.4) is 0 Å². The van der Waals surface area contributed by atoms with Gasteiger partial charge in [0.1, 0.15) is 12.9 Å². The summed E-state index contributed by atoms with van der Waals surface area (Å²) in [6.07, 6.45) is 0.706. The first-order valence-electron chi connectivity index (χ1n) is 7.37. The molecule has 0 atom stereocenters. The second-order valence-electron chi connectivity index (χ2n) is 6.20. The standard InChI is InChI=1S/C18H22O3Si/c1-18(2,3)22(21-20-15-14-19,16-10-6-4-7-11-16)17-12-8-5-9-13-17/h4-14H,15H2,1-3H3. The molecule has 2 aromatic carbocycles. The first-order chi connectivity index (χ1) is 10.5. The number of hydrogen-bond donors (Lipinski definition) is 0. The van der Waals surface area contributed by atoms with E-state index in [1.54, 1.807) is 0 Å². The van der Waals surface area contributed by atoms with Crippen molar-refractivity contribution in [2.24, 2.45) is 0 Å². The maximum absolute atomic E-state index is 10.6. The maximum atomic E-state index is 10.6. The van der Waals surface area contributed by atoms with Crippen molar-refractivity contribution in [2.75, 3.05) is 6.61 Å². The molecule has 0 fully saturated rings. The third-order valence-electron chi connectivity index (χ3n) is 3.74. The Balaban J connectivity index is 2.61. The van der Waals surface area contributed by atoms with Crippen molar-refractivity contribution in [1.82, 2.24) is 0 Å². The van der Waals surface area contributed by atoms with E-state index in [9.17, 15) is 4.79 Å². The summed E-state index contributed by atoms with van der Waals surface area (Å²) >= 11 is 0. The molecule has 4 heteroatoms. The highest BCUT2D eigenvalue weighted by Gasteiger charge is 2.52. The summed E-state index contributed by atoms with van der Waals surface area (Å²) in [5.41, 5.74) is 0. The maximum Gasteiger partial charge on any atom is 0.305 e. The zero-order valence-electron chi connectivity index (χ0n) is 13.3. The van der Waals surface area contributed by atoms with Gasteiger partial charge < -0.3 is 4.79 Å². The molecule has 0 N–H and O–H groups in total. The lowest BCUT2D eigenvalue weighted by Crippen LogP contribution is -2.66. The van der Waals surface area contributed by atoms with Crippen LogP contribution in [0, 0.1) is 0 Å². The highest BCUT2D eigenvalue weighted by atomic mass is 28.4. The van der Waals surface area contributed by atoms with Crippen LogP contribution in [-0.4, -0.2) is 21.2 Å². The van der Waals surface area contributed by atoms with E-state index < -0.39 is 8.32 Å². The van der Waals surface area contributed by atoms with Crippen molar-refractivity contribution in [3.8, 4) is 0 Å². The Hall–Kier alpha value is -1.75. The predicted octanol–water partition coefficient (Wildman–Crippen LogP) is 2.69. The van der Waals surface area contributed by atoms with Crippen molar-refractivity contribution in [3.05, 3.63) is 60.7 Å². The smallest absolute Gasteiger partial charge is 0.301 e. The monoisotopic (exact) mass is 314 g/mol. The minimum absolute atomic E-state index is 0.0650. The van der Waals surface area contributed by atoms with Gasteiger partial charge in [-0.3, -0.25) is 4.58 Å². The molecule has 0 aliphatic heterocycles. The molecule has 0 aliphatic carbocycles. The van der Waals surface area contributed by atoms with Crippen molar-refractivity contribution in [1.29, 1.82) is 0 Å². The van der Waals surface area contributed by atoms with Crippen LogP contribution in [0.1, 0.15) is 20.8 Å². The minimum atomic E-state index is -2.67. The SMILES string of the molecule is CC(C)(C)[Si](OOCC=O)(c1ccccc1)c1ccccc1. The van der Waals surface area contributed by atoms with E-state index in [0.29, 0.717) is 6.29 Å². The van der Waals surface area contributed by atoms with Crippen LogP contribution in [-0.2, 0) is 14.3 Å². The van der Waals surface area contributed by atoms with E-state index in [-0.39, 0.29) is 11.6 Å². The fourth-order valence-corrected chi connectivity index (χ4v) is 6.83. The molecular weight excluding hydrogens is 292 g/mol. The molecule has 3 nitrogen and oxygen atoms in total. The van der Waals surface area contributed by atoms with Crippen molar-refractivity contribution in [2.45, 2.75) is 25.8 Å². The van der Waals surface area contributed by atoms with E-state index in [1.165, 1.54) is 0 Å². The molecule has 2 aromatic rings. The number of aldehydes is 1. The molecule has 22 heavy (non-hydrogen) atoms. The molecule has 116 valence electrons. The first-order valence-corrected chi connectivity index (χ1v) is 9.28. The molecule has 0 spiro atoms. The summed E-state index contributed by atoms with van der Waals surface area (Å²) in [5.74, 6) is 0. The second kappa shape index (κ2) is 7.00. The van der Waals surface area contributed by atoms with E-state index in [1.807, 2.05) is 36.4 Å². The Labute approximate surface area is 133 Å². The van der Waals surface area contributed by atoms with Crippen molar-refractivity contribution < 1.29 is 14.3 Å². The molecule has 0 aromatic heterocycles. The minimum Gasteiger partial charge on any atom is -0.301 e. The topological polar surface area (TPSA) is 35.5 Å². The van der Waals surface area contributed by atoms with Gasteiger partial charge in [-0.05, 0) is 15.4 Å². The van der Waals surface area contributed by atoms with E-state index in [4.69, 9.17) is 9.46 Å². The van der Waals surface area contributed by atoms with Gasteiger partial charge in [0.2, 0.25) is 0 Å². The Kier molecular flexibility index (Phi) is 5.29. The van der Waals surface area contributed by atoms with Crippen LogP contribution >= 0.6 is 0 Å². The van der Waals surface area contributed by atoms with E-state index in [2.05, 4.69) is 45.0 Å². The molecule has 0 saturated heterocycles. The second-order valence-corrected chi connectivity index (χ2v) is 10.4. The lowest BCUT2D eigenvalue weighted by molar-refractivity contribution is -0.212. The normalized spacial score (nSPS) is 12.1. The van der Waals surface area contributed by atoms with Gasteiger partial charge in [-0.15, -0.1) is 0 Å².